The molecule has 0 atom stereocenters. The third-order valence-corrected chi connectivity index (χ3v) is 5.21. The number of likely N-dealkylation sites (tertiary alicyclic amines) is 1. The van der Waals surface area contributed by atoms with E-state index in [1.165, 1.54) is 31.5 Å². The number of rotatable bonds is 5. The number of anilines is 1. The van der Waals surface area contributed by atoms with Gasteiger partial charge < -0.3 is 9.84 Å². The molecule has 5 nitrogen and oxygen atoms in total. The highest BCUT2D eigenvalue weighted by molar-refractivity contribution is 7.13. The van der Waals surface area contributed by atoms with Gasteiger partial charge in [-0.2, -0.15) is 0 Å². The largest absolute Gasteiger partial charge is 0.355 e. The zero-order chi connectivity index (χ0) is 17.1. The van der Waals surface area contributed by atoms with E-state index in [1.54, 1.807) is 17.4 Å². The Morgan fingerprint density at radius 3 is 2.72 bits per heavy atom. The lowest BCUT2D eigenvalue weighted by atomic mass is 10.2. The molecule has 128 valence electrons. The Balaban J connectivity index is 1.39. The van der Waals surface area contributed by atoms with Gasteiger partial charge in [-0.3, -0.25) is 9.69 Å². The first-order chi connectivity index (χ1) is 12.3. The van der Waals surface area contributed by atoms with Crippen LogP contribution in [-0.2, 0) is 6.54 Å². The number of nitrogens with one attached hydrogen (secondary N) is 1. The number of carbonyl (C=O) groups excluding carboxylic acids is 1. The van der Waals surface area contributed by atoms with Crippen LogP contribution >= 0.6 is 11.3 Å². The molecule has 3 heterocycles. The van der Waals surface area contributed by atoms with Crippen molar-refractivity contribution >= 4 is 22.9 Å². The maximum atomic E-state index is 12.3. The van der Waals surface area contributed by atoms with Gasteiger partial charge in [0.2, 0.25) is 0 Å². The molecule has 1 saturated heterocycles. The summed E-state index contributed by atoms with van der Waals surface area (Å²) in [4.78, 5) is 15.7. The Morgan fingerprint density at radius 1 is 1.20 bits per heavy atom. The molecule has 3 aromatic rings. The van der Waals surface area contributed by atoms with Crippen LogP contribution in [0.1, 0.15) is 28.9 Å². The summed E-state index contributed by atoms with van der Waals surface area (Å²) in [7, 11) is 0. The highest BCUT2D eigenvalue weighted by Crippen LogP contribution is 2.25. The van der Waals surface area contributed by atoms with Crippen LogP contribution in [0.3, 0.4) is 0 Å². The number of benzene rings is 1. The maximum absolute atomic E-state index is 12.3. The van der Waals surface area contributed by atoms with Crippen molar-refractivity contribution in [3.05, 3.63) is 59.1 Å². The number of aromatic nitrogens is 1. The first kappa shape index (κ1) is 16.1. The molecular formula is C19H19N3O2S. The molecule has 0 unspecified atom stereocenters. The third kappa shape index (κ3) is 3.81. The van der Waals surface area contributed by atoms with E-state index in [4.69, 9.17) is 4.52 Å². The molecule has 6 heteroatoms. The Kier molecular flexibility index (Phi) is 4.63. The van der Waals surface area contributed by atoms with E-state index in [0.29, 0.717) is 5.76 Å². The fraction of sp³-hybridized carbons (Fsp3) is 0.263. The molecule has 0 aliphatic carbocycles. The summed E-state index contributed by atoms with van der Waals surface area (Å²) in [6.45, 7) is 3.33. The molecule has 25 heavy (non-hydrogen) atoms. The average Bonchev–Trinajstić information content (AvgIpc) is 3.38. The minimum Gasteiger partial charge on any atom is -0.355 e. The van der Waals surface area contributed by atoms with Gasteiger partial charge in [0.15, 0.2) is 11.5 Å². The Hall–Kier alpha value is -2.44. The van der Waals surface area contributed by atoms with Gasteiger partial charge in [0, 0.05) is 18.3 Å². The number of amides is 1. The number of thiophene rings is 1. The van der Waals surface area contributed by atoms with E-state index in [1.807, 2.05) is 29.6 Å². The zero-order valence-corrected chi connectivity index (χ0v) is 14.6. The van der Waals surface area contributed by atoms with Gasteiger partial charge in [-0.25, -0.2) is 0 Å². The quantitative estimate of drug-likeness (QED) is 0.745. The normalized spacial score (nSPS) is 14.7. The minimum atomic E-state index is -0.265. The summed E-state index contributed by atoms with van der Waals surface area (Å²) in [6, 6.07) is 13.5. The first-order valence-corrected chi connectivity index (χ1v) is 9.29. The molecule has 1 aliphatic rings. The topological polar surface area (TPSA) is 58.4 Å². The van der Waals surface area contributed by atoms with E-state index in [2.05, 4.69) is 27.5 Å². The molecule has 0 spiro atoms. The Labute approximate surface area is 150 Å². The lowest BCUT2D eigenvalue weighted by molar-refractivity contribution is 0.101. The summed E-state index contributed by atoms with van der Waals surface area (Å²) >= 11 is 1.55. The van der Waals surface area contributed by atoms with Gasteiger partial charge in [0.25, 0.3) is 5.91 Å². The predicted molar refractivity (Wildman–Crippen MR) is 98.7 cm³/mol. The van der Waals surface area contributed by atoms with Crippen molar-refractivity contribution in [2.24, 2.45) is 0 Å². The maximum Gasteiger partial charge on any atom is 0.277 e. The second-order valence-electron chi connectivity index (χ2n) is 6.19. The highest BCUT2D eigenvalue weighted by atomic mass is 32.1. The molecule has 1 aliphatic heterocycles. The van der Waals surface area contributed by atoms with Crippen molar-refractivity contribution in [2.75, 3.05) is 18.4 Å². The van der Waals surface area contributed by atoms with Crippen molar-refractivity contribution < 1.29 is 9.32 Å². The van der Waals surface area contributed by atoms with E-state index < -0.39 is 0 Å². The fourth-order valence-electron chi connectivity index (χ4n) is 3.00. The standard InChI is InChI=1S/C19H19N3O2S/c23-19(16-12-17(24-21-16)18-4-3-11-25-18)20-15-7-5-14(6-8-15)13-22-9-1-2-10-22/h3-8,11-12H,1-2,9-10,13H2,(H,20,23). The highest BCUT2D eigenvalue weighted by Gasteiger charge is 2.15. The second kappa shape index (κ2) is 7.21. The van der Waals surface area contributed by atoms with Crippen LogP contribution in [0.5, 0.6) is 0 Å². The molecule has 0 radical (unpaired) electrons. The lowest BCUT2D eigenvalue weighted by Crippen LogP contribution is -2.18. The number of hydrogen-bond acceptors (Lipinski definition) is 5. The van der Waals surface area contributed by atoms with Crippen molar-refractivity contribution in [2.45, 2.75) is 19.4 Å². The summed E-state index contributed by atoms with van der Waals surface area (Å²) in [5.41, 5.74) is 2.31. The molecule has 1 fully saturated rings. The first-order valence-electron chi connectivity index (χ1n) is 8.41. The monoisotopic (exact) mass is 353 g/mol. The fourth-order valence-corrected chi connectivity index (χ4v) is 3.68. The summed E-state index contributed by atoms with van der Waals surface area (Å²) in [5, 5.41) is 8.69. The van der Waals surface area contributed by atoms with Crippen LogP contribution < -0.4 is 5.32 Å². The zero-order valence-electron chi connectivity index (χ0n) is 13.8. The third-order valence-electron chi connectivity index (χ3n) is 4.32. The van der Waals surface area contributed by atoms with Crippen LogP contribution in [0.4, 0.5) is 5.69 Å². The van der Waals surface area contributed by atoms with Gasteiger partial charge >= 0.3 is 0 Å². The molecule has 0 bridgehead atoms. The summed E-state index contributed by atoms with van der Waals surface area (Å²) in [6.07, 6.45) is 2.58. The van der Waals surface area contributed by atoms with Gasteiger partial charge in [0.05, 0.1) is 4.88 Å². The SMILES string of the molecule is O=C(Nc1ccc(CN2CCCC2)cc1)c1cc(-c2cccs2)on1. The smallest absolute Gasteiger partial charge is 0.277 e. The van der Waals surface area contributed by atoms with Crippen LogP contribution in [0, 0.1) is 0 Å². The number of hydrogen-bond donors (Lipinski definition) is 1. The molecular weight excluding hydrogens is 334 g/mol. The second-order valence-corrected chi connectivity index (χ2v) is 7.14. The van der Waals surface area contributed by atoms with E-state index in [-0.39, 0.29) is 11.6 Å². The summed E-state index contributed by atoms with van der Waals surface area (Å²) < 4.78 is 5.26. The molecule has 0 saturated carbocycles. The van der Waals surface area contributed by atoms with Crippen molar-refractivity contribution in [1.29, 1.82) is 0 Å². The molecule has 1 N–H and O–H groups in total. The van der Waals surface area contributed by atoms with Crippen LogP contribution in [0.25, 0.3) is 10.6 Å². The Morgan fingerprint density at radius 2 is 2.00 bits per heavy atom. The van der Waals surface area contributed by atoms with Gasteiger partial charge in [0.1, 0.15) is 0 Å². The van der Waals surface area contributed by atoms with E-state index in [0.717, 1.165) is 17.1 Å². The van der Waals surface area contributed by atoms with Crippen LogP contribution in [0.2, 0.25) is 0 Å². The number of carbonyl (C=O) groups is 1. The molecule has 1 amide bonds. The van der Waals surface area contributed by atoms with Crippen molar-refractivity contribution in [1.82, 2.24) is 10.1 Å². The van der Waals surface area contributed by atoms with Crippen LogP contribution in [0.15, 0.2) is 52.4 Å². The molecule has 2 aromatic heterocycles. The van der Waals surface area contributed by atoms with Gasteiger partial charge in [-0.05, 0) is 55.1 Å². The molecule has 1 aromatic carbocycles. The van der Waals surface area contributed by atoms with Crippen LogP contribution in [-0.4, -0.2) is 29.1 Å². The summed E-state index contributed by atoms with van der Waals surface area (Å²) in [5.74, 6) is 0.347. The van der Waals surface area contributed by atoms with Crippen molar-refractivity contribution in [3.8, 4) is 10.6 Å². The van der Waals surface area contributed by atoms with Crippen molar-refractivity contribution in [3.63, 3.8) is 0 Å². The Bertz CT molecular complexity index is 834. The molecule has 4 rings (SSSR count). The van der Waals surface area contributed by atoms with E-state index >= 15 is 0 Å². The minimum absolute atomic E-state index is 0.265. The predicted octanol–water partition coefficient (Wildman–Crippen LogP) is 4.25. The lowest BCUT2D eigenvalue weighted by Gasteiger charge is -2.14. The van der Waals surface area contributed by atoms with Gasteiger partial charge in [-0.1, -0.05) is 23.4 Å². The van der Waals surface area contributed by atoms with Gasteiger partial charge in [-0.15, -0.1) is 11.3 Å². The average molecular weight is 353 g/mol. The number of nitrogens with zero attached hydrogens (tertiary/aromatic N) is 2. The van der Waals surface area contributed by atoms with E-state index in [9.17, 15) is 4.79 Å².